The predicted octanol–water partition coefficient (Wildman–Crippen LogP) is 5.87. The van der Waals surface area contributed by atoms with E-state index in [1.165, 1.54) is 18.9 Å². The number of hydrogen-bond donors (Lipinski definition) is 0. The Labute approximate surface area is 198 Å². The van der Waals surface area contributed by atoms with Crippen LogP contribution in [-0.2, 0) is 20.9 Å². The van der Waals surface area contributed by atoms with Gasteiger partial charge in [0.25, 0.3) is 0 Å². The number of Topliss-reactive ketones (excluding diaryl/α,β-unsaturated/α-hetero) is 1. The summed E-state index contributed by atoms with van der Waals surface area (Å²) in [6.45, 7) is 14.2. The first kappa shape index (κ1) is 28.1. The zero-order chi connectivity index (χ0) is 24.1. The molecular formula is C27H40N2O4. The number of amides is 1. The normalized spacial score (nSPS) is 13.4. The van der Waals surface area contributed by atoms with E-state index in [9.17, 15) is 14.4 Å². The molecule has 0 N–H and O–H groups in total. The van der Waals surface area contributed by atoms with Gasteiger partial charge in [-0.05, 0) is 57.4 Å². The van der Waals surface area contributed by atoms with E-state index in [0.717, 1.165) is 22.9 Å². The first-order chi connectivity index (χ1) is 15.0. The van der Waals surface area contributed by atoms with Crippen LogP contribution in [0.25, 0.3) is 16.5 Å². The monoisotopic (exact) mass is 456 g/mol. The minimum atomic E-state index is -0.558. The second-order valence-electron chi connectivity index (χ2n) is 9.20. The summed E-state index contributed by atoms with van der Waals surface area (Å²) in [5, 5.41) is 0.827. The van der Waals surface area contributed by atoms with Crippen LogP contribution in [0.2, 0.25) is 0 Å². The first-order valence-electron chi connectivity index (χ1n) is 11.3. The van der Waals surface area contributed by atoms with Crippen molar-refractivity contribution >= 4 is 34.1 Å². The van der Waals surface area contributed by atoms with Crippen LogP contribution >= 0.6 is 0 Å². The molecule has 1 aromatic carbocycles. The van der Waals surface area contributed by atoms with Crippen LogP contribution in [0.5, 0.6) is 0 Å². The van der Waals surface area contributed by atoms with Crippen molar-refractivity contribution in [3.05, 3.63) is 41.6 Å². The van der Waals surface area contributed by atoms with Crippen molar-refractivity contribution in [2.75, 3.05) is 13.1 Å². The van der Waals surface area contributed by atoms with Crippen LogP contribution in [-0.4, -0.2) is 45.8 Å². The zero-order valence-electron chi connectivity index (χ0n) is 20.4. The molecule has 0 atom stereocenters. The van der Waals surface area contributed by atoms with E-state index >= 15 is 0 Å². The van der Waals surface area contributed by atoms with Gasteiger partial charge in [-0.3, -0.25) is 14.4 Å². The topological polar surface area (TPSA) is 68.6 Å². The van der Waals surface area contributed by atoms with Crippen molar-refractivity contribution in [2.45, 2.75) is 80.9 Å². The van der Waals surface area contributed by atoms with Crippen molar-refractivity contribution in [1.82, 2.24) is 9.47 Å². The standard InChI is InChI=1S/C23H28N2O4.C3H8.CH4/c1-15(26)20-13-25(14-22(28)29-23(3,4)5)21-7-6-18(12-19(20)21)17-8-10-24(11-9-17)16(2)27;1-3-2;/h6-8,12-13H,9-11,14H2,1-5H3;3H2,1-2H3;1H4. The SMILES string of the molecule is C.CC(=O)c1cn(CC(=O)OC(C)(C)C)c2ccc(C3=CCN(C(C)=O)CC3)cc12.CCC. The fraction of sp³-hybridized carbons (Fsp3) is 0.519. The predicted molar refractivity (Wildman–Crippen MR) is 135 cm³/mol. The summed E-state index contributed by atoms with van der Waals surface area (Å²) in [6.07, 6.45) is 5.82. The Morgan fingerprint density at radius 1 is 1.09 bits per heavy atom. The molecule has 2 aromatic rings. The molecule has 33 heavy (non-hydrogen) atoms. The first-order valence-corrected chi connectivity index (χ1v) is 11.3. The van der Waals surface area contributed by atoms with Crippen molar-refractivity contribution in [3.63, 3.8) is 0 Å². The molecule has 0 fully saturated rings. The zero-order valence-corrected chi connectivity index (χ0v) is 20.4. The molecule has 3 rings (SSSR count). The minimum Gasteiger partial charge on any atom is -0.459 e. The minimum absolute atomic E-state index is 0. The molecule has 1 aliphatic heterocycles. The van der Waals surface area contributed by atoms with Crippen molar-refractivity contribution in [3.8, 4) is 0 Å². The van der Waals surface area contributed by atoms with E-state index < -0.39 is 5.60 Å². The van der Waals surface area contributed by atoms with Gasteiger partial charge in [-0.25, -0.2) is 0 Å². The number of nitrogens with zero attached hydrogens (tertiary/aromatic N) is 2. The molecule has 182 valence electrons. The van der Waals surface area contributed by atoms with Gasteiger partial charge in [-0.2, -0.15) is 0 Å². The van der Waals surface area contributed by atoms with Crippen LogP contribution in [0, 0.1) is 0 Å². The van der Waals surface area contributed by atoms with Gasteiger partial charge >= 0.3 is 5.97 Å². The molecule has 0 unspecified atom stereocenters. The van der Waals surface area contributed by atoms with Gasteiger partial charge in [0.2, 0.25) is 5.91 Å². The number of benzene rings is 1. The van der Waals surface area contributed by atoms with E-state index in [2.05, 4.69) is 19.9 Å². The highest BCUT2D eigenvalue weighted by Crippen LogP contribution is 2.29. The lowest BCUT2D eigenvalue weighted by molar-refractivity contribution is -0.155. The molecular weight excluding hydrogens is 416 g/mol. The van der Waals surface area contributed by atoms with Crippen LogP contribution in [0.4, 0.5) is 0 Å². The summed E-state index contributed by atoms with van der Waals surface area (Å²) >= 11 is 0. The van der Waals surface area contributed by atoms with Crippen molar-refractivity contribution in [2.24, 2.45) is 0 Å². The number of hydrogen-bond acceptors (Lipinski definition) is 4. The lowest BCUT2D eigenvalue weighted by Crippen LogP contribution is -2.32. The molecule has 1 amide bonds. The van der Waals surface area contributed by atoms with E-state index in [-0.39, 0.29) is 31.6 Å². The van der Waals surface area contributed by atoms with Gasteiger partial charge in [-0.1, -0.05) is 39.8 Å². The van der Waals surface area contributed by atoms with Crippen molar-refractivity contribution in [1.29, 1.82) is 0 Å². The summed E-state index contributed by atoms with van der Waals surface area (Å²) in [5.41, 5.74) is 3.06. The summed E-state index contributed by atoms with van der Waals surface area (Å²) in [6, 6.07) is 5.96. The largest absolute Gasteiger partial charge is 0.459 e. The third kappa shape index (κ3) is 7.58. The molecule has 6 nitrogen and oxygen atoms in total. The van der Waals surface area contributed by atoms with E-state index in [1.807, 2.05) is 39.0 Å². The molecule has 2 heterocycles. The Balaban J connectivity index is 0.00000129. The smallest absolute Gasteiger partial charge is 0.326 e. The van der Waals surface area contributed by atoms with E-state index in [4.69, 9.17) is 4.74 Å². The Morgan fingerprint density at radius 3 is 2.21 bits per heavy atom. The van der Waals surface area contributed by atoms with E-state index in [1.54, 1.807) is 22.6 Å². The molecule has 1 aromatic heterocycles. The van der Waals surface area contributed by atoms with Crippen LogP contribution < -0.4 is 0 Å². The van der Waals surface area contributed by atoms with Gasteiger partial charge < -0.3 is 14.2 Å². The second kappa shape index (κ2) is 11.8. The maximum atomic E-state index is 12.3. The van der Waals surface area contributed by atoms with Gasteiger partial charge in [-0.15, -0.1) is 0 Å². The number of fused-ring (bicyclic) bond motifs is 1. The molecule has 0 bridgehead atoms. The number of esters is 1. The number of rotatable bonds is 4. The average Bonchev–Trinajstić information content (AvgIpc) is 3.05. The number of ketones is 1. The molecule has 0 aliphatic carbocycles. The summed E-state index contributed by atoms with van der Waals surface area (Å²) in [7, 11) is 0. The Hall–Kier alpha value is -2.89. The highest BCUT2D eigenvalue weighted by Gasteiger charge is 2.20. The van der Waals surface area contributed by atoms with Crippen LogP contribution in [0.15, 0.2) is 30.5 Å². The third-order valence-corrected chi connectivity index (χ3v) is 5.01. The highest BCUT2D eigenvalue weighted by molar-refractivity contribution is 6.07. The van der Waals surface area contributed by atoms with Gasteiger partial charge in [0.15, 0.2) is 5.78 Å². The van der Waals surface area contributed by atoms with Crippen LogP contribution in [0.3, 0.4) is 0 Å². The lowest BCUT2D eigenvalue weighted by Gasteiger charge is -2.25. The van der Waals surface area contributed by atoms with E-state index in [0.29, 0.717) is 18.7 Å². The summed E-state index contributed by atoms with van der Waals surface area (Å²) in [4.78, 5) is 37.8. The summed E-state index contributed by atoms with van der Waals surface area (Å²) < 4.78 is 7.20. The number of aromatic nitrogens is 1. The maximum absolute atomic E-state index is 12.3. The fourth-order valence-corrected chi connectivity index (χ4v) is 3.64. The molecule has 6 heteroatoms. The lowest BCUT2D eigenvalue weighted by atomic mass is 9.97. The number of carbonyl (C=O) groups is 3. The Bertz CT molecular complexity index is 1020. The number of carbonyl (C=O) groups excluding carboxylic acids is 3. The highest BCUT2D eigenvalue weighted by atomic mass is 16.6. The van der Waals surface area contributed by atoms with Crippen LogP contribution in [0.1, 0.15) is 84.7 Å². The number of ether oxygens (including phenoxy) is 1. The Morgan fingerprint density at radius 2 is 1.73 bits per heavy atom. The molecule has 0 radical (unpaired) electrons. The average molecular weight is 457 g/mol. The molecule has 0 spiro atoms. The van der Waals surface area contributed by atoms with Crippen molar-refractivity contribution < 1.29 is 19.1 Å². The maximum Gasteiger partial charge on any atom is 0.326 e. The van der Waals surface area contributed by atoms with Gasteiger partial charge in [0.1, 0.15) is 12.1 Å². The Kier molecular flexibility index (Phi) is 10.1. The fourth-order valence-electron chi connectivity index (χ4n) is 3.64. The second-order valence-corrected chi connectivity index (χ2v) is 9.20. The molecule has 1 aliphatic rings. The van der Waals surface area contributed by atoms with Gasteiger partial charge in [0.05, 0.1) is 0 Å². The van der Waals surface area contributed by atoms with Gasteiger partial charge in [0, 0.05) is 42.7 Å². The third-order valence-electron chi connectivity index (χ3n) is 5.01. The summed E-state index contributed by atoms with van der Waals surface area (Å²) in [5.74, 6) is -0.308. The quantitative estimate of drug-likeness (QED) is 0.426. The molecule has 0 saturated heterocycles. The molecule has 0 saturated carbocycles.